The van der Waals surface area contributed by atoms with Gasteiger partial charge in [0.25, 0.3) is 0 Å². The first-order chi connectivity index (χ1) is 17.7. The fourth-order valence-electron chi connectivity index (χ4n) is 3.74. The van der Waals surface area contributed by atoms with E-state index < -0.39 is 52.7 Å². The van der Waals surface area contributed by atoms with E-state index in [1.54, 1.807) is 0 Å². The Kier molecular flexibility index (Phi) is 9.89. The van der Waals surface area contributed by atoms with E-state index in [2.05, 4.69) is 0 Å². The van der Waals surface area contributed by atoms with Gasteiger partial charge in [0.05, 0.1) is 0 Å². The number of Topliss-reactive ketones (excluding diaryl/α,β-unsaturated/α-hetero) is 3. The molecule has 39 heavy (non-hydrogen) atoms. The van der Waals surface area contributed by atoms with Crippen LogP contribution in [-0.4, -0.2) is 35.1 Å². The molecule has 0 radical (unpaired) electrons. The lowest BCUT2D eigenvalue weighted by Gasteiger charge is -2.18. The summed E-state index contributed by atoms with van der Waals surface area (Å²) >= 11 is 12.5. The predicted octanol–water partition coefficient (Wildman–Crippen LogP) is 9.11. The Morgan fingerprint density at radius 2 is 1.10 bits per heavy atom. The number of carbonyl (C=O) groups is 3. The summed E-state index contributed by atoms with van der Waals surface area (Å²) in [4.78, 5) is 36.5. The summed E-state index contributed by atoms with van der Waals surface area (Å²) in [5, 5.41) is -0.109. The molecule has 0 aliphatic carbocycles. The van der Waals surface area contributed by atoms with Gasteiger partial charge in [-0.1, -0.05) is 29.3 Å². The zero-order chi connectivity index (χ0) is 30.1. The Morgan fingerprint density at radius 3 is 1.44 bits per heavy atom. The maximum atomic E-state index is 13.9. The van der Waals surface area contributed by atoms with Crippen molar-refractivity contribution < 1.29 is 40.7 Å². The van der Waals surface area contributed by atoms with Crippen molar-refractivity contribution in [2.24, 2.45) is 0 Å². The number of halogens is 8. The lowest BCUT2D eigenvalue weighted by molar-refractivity contribution is -0.140. The second-order valence-corrected chi connectivity index (χ2v) is 10.3. The Balaban J connectivity index is 2.75. The van der Waals surface area contributed by atoms with Gasteiger partial charge in [-0.25, -0.2) is 0 Å². The Hall–Kier alpha value is -2.65. The number of rotatable bonds is 11. The third-order valence-corrected chi connectivity index (χ3v) is 6.83. The number of hydrogen-bond donors (Lipinski definition) is 0. The topological polar surface area (TPSA) is 51.2 Å². The molecular weight excluding hydrogens is 569 g/mol. The molecule has 11 heteroatoms. The number of allylic oxidation sites excluding steroid dienone is 1. The highest BCUT2D eigenvalue weighted by Crippen LogP contribution is 2.36. The highest BCUT2D eigenvalue weighted by molar-refractivity contribution is 6.33. The van der Waals surface area contributed by atoms with Crippen molar-refractivity contribution in [2.45, 2.75) is 71.6 Å². The summed E-state index contributed by atoms with van der Waals surface area (Å²) in [6.07, 6.45) is 0.936. The average molecular weight is 595 g/mol. The third kappa shape index (κ3) is 7.94. The standard InChI is InChI=1S/C28H26Cl2F6O3/c1-14-19(24(38)27(4,33)34)10-16(12-21(14)29)18(8-6-7-9-23(37)26(3,31)32)17-11-20(15(2)22(30)13-17)25(39)28(5,35)36/h8,10-13H,6-7,9H2,1-5H3. The molecule has 0 saturated heterocycles. The monoisotopic (exact) mass is 594 g/mol. The first-order valence-corrected chi connectivity index (χ1v) is 12.5. The van der Waals surface area contributed by atoms with Crippen LogP contribution in [0.4, 0.5) is 26.3 Å². The molecule has 0 spiro atoms. The van der Waals surface area contributed by atoms with Crippen LogP contribution in [-0.2, 0) is 4.79 Å². The largest absolute Gasteiger partial charge is 0.307 e. The minimum Gasteiger partial charge on any atom is -0.293 e. The molecule has 2 aromatic carbocycles. The molecule has 0 atom stereocenters. The Bertz CT molecular complexity index is 1250. The minimum absolute atomic E-state index is 0.00851. The van der Waals surface area contributed by atoms with Crippen molar-refractivity contribution in [1.29, 1.82) is 0 Å². The number of ketones is 3. The summed E-state index contributed by atoms with van der Waals surface area (Å²) in [5.74, 6) is -15.3. The highest BCUT2D eigenvalue weighted by Gasteiger charge is 2.36. The minimum atomic E-state index is -3.73. The zero-order valence-corrected chi connectivity index (χ0v) is 23.3. The summed E-state index contributed by atoms with van der Waals surface area (Å²) in [6, 6.07) is 4.98. The first kappa shape index (κ1) is 32.6. The molecule has 0 aliphatic heterocycles. The number of unbranched alkanes of at least 4 members (excludes halogenated alkanes) is 1. The van der Waals surface area contributed by atoms with Gasteiger partial charge in [0.2, 0.25) is 17.3 Å². The van der Waals surface area contributed by atoms with Gasteiger partial charge in [-0.3, -0.25) is 14.4 Å². The molecule has 0 unspecified atom stereocenters. The summed E-state index contributed by atoms with van der Waals surface area (Å²) < 4.78 is 82.2. The second-order valence-electron chi connectivity index (χ2n) is 9.52. The molecule has 0 aliphatic rings. The zero-order valence-electron chi connectivity index (χ0n) is 21.8. The van der Waals surface area contributed by atoms with Gasteiger partial charge in [-0.15, -0.1) is 0 Å². The van der Waals surface area contributed by atoms with Gasteiger partial charge in [0, 0.05) is 48.4 Å². The number of benzene rings is 2. The molecule has 0 aromatic heterocycles. The van der Waals surface area contributed by atoms with Gasteiger partial charge >= 0.3 is 17.8 Å². The van der Waals surface area contributed by atoms with E-state index in [0.29, 0.717) is 20.8 Å². The van der Waals surface area contributed by atoms with Crippen molar-refractivity contribution in [3.05, 3.63) is 73.8 Å². The number of carbonyl (C=O) groups excluding carboxylic acids is 3. The van der Waals surface area contributed by atoms with E-state index in [0.717, 1.165) is 12.1 Å². The molecule has 0 heterocycles. The quantitative estimate of drug-likeness (QED) is 0.148. The van der Waals surface area contributed by atoms with Crippen LogP contribution in [0.25, 0.3) is 5.57 Å². The normalized spacial score (nSPS) is 12.3. The second kappa shape index (κ2) is 11.8. The van der Waals surface area contributed by atoms with Crippen LogP contribution in [0, 0.1) is 13.8 Å². The Morgan fingerprint density at radius 1 is 0.718 bits per heavy atom. The number of alkyl halides is 6. The van der Waals surface area contributed by atoms with Gasteiger partial charge in [0.15, 0.2) is 0 Å². The van der Waals surface area contributed by atoms with Crippen LogP contribution in [0.1, 0.15) is 83.0 Å². The van der Waals surface area contributed by atoms with Crippen LogP contribution >= 0.6 is 23.2 Å². The van der Waals surface area contributed by atoms with Gasteiger partial charge in [-0.05, 0) is 78.8 Å². The molecule has 212 valence electrons. The fraction of sp³-hybridized carbons (Fsp3) is 0.393. The molecular formula is C28H26Cl2F6O3. The van der Waals surface area contributed by atoms with Crippen LogP contribution in [0.15, 0.2) is 30.3 Å². The first-order valence-electron chi connectivity index (χ1n) is 11.7. The lowest BCUT2D eigenvalue weighted by atomic mass is 9.89. The van der Waals surface area contributed by atoms with E-state index in [1.807, 2.05) is 0 Å². The molecule has 0 saturated carbocycles. The van der Waals surface area contributed by atoms with E-state index >= 15 is 0 Å². The summed E-state index contributed by atoms with van der Waals surface area (Å²) in [7, 11) is 0. The van der Waals surface area contributed by atoms with Crippen molar-refractivity contribution in [3.8, 4) is 0 Å². The molecule has 0 bridgehead atoms. The predicted molar refractivity (Wildman–Crippen MR) is 139 cm³/mol. The van der Waals surface area contributed by atoms with E-state index in [-0.39, 0.29) is 50.7 Å². The van der Waals surface area contributed by atoms with Crippen LogP contribution in [0.5, 0.6) is 0 Å². The van der Waals surface area contributed by atoms with Crippen molar-refractivity contribution in [2.75, 3.05) is 0 Å². The van der Waals surface area contributed by atoms with Crippen LogP contribution < -0.4 is 0 Å². The summed E-state index contributed by atoms with van der Waals surface area (Å²) in [6.45, 7) is 4.06. The molecule has 0 fully saturated rings. The van der Waals surface area contributed by atoms with Crippen molar-refractivity contribution in [1.82, 2.24) is 0 Å². The van der Waals surface area contributed by atoms with E-state index in [9.17, 15) is 40.7 Å². The molecule has 2 rings (SSSR count). The maximum Gasteiger partial charge on any atom is 0.307 e. The van der Waals surface area contributed by atoms with Gasteiger partial charge < -0.3 is 0 Å². The van der Waals surface area contributed by atoms with Gasteiger partial charge in [-0.2, -0.15) is 26.3 Å². The van der Waals surface area contributed by atoms with Gasteiger partial charge in [0.1, 0.15) is 0 Å². The SMILES string of the molecule is Cc1c(Cl)cc(C(=CCCCC(=O)C(C)(F)F)c2cc(Cl)c(C)c(C(=O)C(C)(F)F)c2)cc1C(=O)C(C)(F)F. The maximum absolute atomic E-state index is 13.9. The molecule has 2 aromatic rings. The molecule has 0 amide bonds. The van der Waals surface area contributed by atoms with E-state index in [1.165, 1.54) is 32.1 Å². The molecule has 0 N–H and O–H groups in total. The van der Waals surface area contributed by atoms with Crippen molar-refractivity contribution in [3.63, 3.8) is 0 Å². The van der Waals surface area contributed by atoms with Crippen LogP contribution in [0.3, 0.4) is 0 Å². The lowest BCUT2D eigenvalue weighted by Crippen LogP contribution is -2.25. The number of hydrogen-bond acceptors (Lipinski definition) is 3. The fourth-order valence-corrected chi connectivity index (χ4v) is 4.18. The smallest absolute Gasteiger partial charge is 0.293 e. The average Bonchev–Trinajstić information content (AvgIpc) is 2.79. The third-order valence-electron chi connectivity index (χ3n) is 6.04. The van der Waals surface area contributed by atoms with Crippen molar-refractivity contribution >= 4 is 46.1 Å². The highest BCUT2D eigenvalue weighted by atomic mass is 35.5. The Labute approximate surface area is 232 Å². The summed E-state index contributed by atoms with van der Waals surface area (Å²) in [5.41, 5.74) is -0.288. The van der Waals surface area contributed by atoms with Crippen LogP contribution in [0.2, 0.25) is 10.0 Å². The molecule has 3 nitrogen and oxygen atoms in total. The van der Waals surface area contributed by atoms with E-state index in [4.69, 9.17) is 23.2 Å².